The second-order valence-corrected chi connectivity index (χ2v) is 7.06. The number of rotatable bonds is 0. The monoisotopic (exact) mass is 276 g/mol. The van der Waals surface area contributed by atoms with E-state index in [0.29, 0.717) is 0 Å². The first-order chi connectivity index (χ1) is 8.81. The van der Waals surface area contributed by atoms with Crippen molar-refractivity contribution >= 4 is 34.6 Å². The Hall–Kier alpha value is -0.740. The lowest BCUT2D eigenvalue weighted by Crippen LogP contribution is -2.40. The summed E-state index contributed by atoms with van der Waals surface area (Å²) in [6, 6.07) is 0. The molecule has 1 aliphatic carbocycles. The molecule has 1 atom stereocenters. The molecule has 1 unspecified atom stereocenters. The maximum Gasteiger partial charge on any atom is 0.126 e. The second-order valence-electron chi connectivity index (χ2n) is 5.40. The van der Waals surface area contributed by atoms with Crippen molar-refractivity contribution in [2.24, 2.45) is 4.99 Å². The van der Waals surface area contributed by atoms with Crippen LogP contribution in [-0.4, -0.2) is 22.5 Å². The SMILES string of the molecule is S=C1CCCN2C=c3c4c(sc3=NC2C1)CCC4. The van der Waals surface area contributed by atoms with Crippen LogP contribution in [0, 0.1) is 0 Å². The van der Waals surface area contributed by atoms with Gasteiger partial charge in [-0.1, -0.05) is 12.2 Å². The lowest BCUT2D eigenvalue weighted by molar-refractivity contribution is 0.317. The summed E-state index contributed by atoms with van der Waals surface area (Å²) in [5.41, 5.74) is 1.59. The Morgan fingerprint density at radius 3 is 3.17 bits per heavy atom. The highest BCUT2D eigenvalue weighted by molar-refractivity contribution is 7.80. The number of thiophene rings is 1. The first kappa shape index (κ1) is 11.1. The molecule has 0 amide bonds. The summed E-state index contributed by atoms with van der Waals surface area (Å²) in [6.45, 7) is 1.11. The van der Waals surface area contributed by atoms with E-state index in [2.05, 4.69) is 11.1 Å². The summed E-state index contributed by atoms with van der Waals surface area (Å²) in [7, 11) is 0. The van der Waals surface area contributed by atoms with E-state index in [1.165, 1.54) is 40.4 Å². The van der Waals surface area contributed by atoms with Crippen LogP contribution in [0.3, 0.4) is 0 Å². The van der Waals surface area contributed by atoms with Gasteiger partial charge >= 0.3 is 0 Å². The number of nitrogens with zero attached hydrogens (tertiary/aromatic N) is 2. The number of thiocarbonyl (C=S) groups is 1. The summed E-state index contributed by atoms with van der Waals surface area (Å²) in [5.74, 6) is 0. The van der Waals surface area contributed by atoms with Crippen molar-refractivity contribution in [3.8, 4) is 0 Å². The fourth-order valence-corrected chi connectivity index (χ4v) is 4.81. The van der Waals surface area contributed by atoms with E-state index in [9.17, 15) is 0 Å². The van der Waals surface area contributed by atoms with Crippen molar-refractivity contribution in [1.29, 1.82) is 0 Å². The van der Waals surface area contributed by atoms with Gasteiger partial charge in [0.25, 0.3) is 0 Å². The molecule has 0 spiro atoms. The highest BCUT2D eigenvalue weighted by atomic mass is 32.1. The highest BCUT2D eigenvalue weighted by Crippen LogP contribution is 2.24. The zero-order valence-electron chi connectivity index (χ0n) is 10.3. The summed E-state index contributed by atoms with van der Waals surface area (Å²) in [6.07, 6.45) is 9.75. The van der Waals surface area contributed by atoms with Crippen LogP contribution in [0.2, 0.25) is 0 Å². The summed E-state index contributed by atoms with van der Waals surface area (Å²) >= 11 is 7.35. The predicted octanol–water partition coefficient (Wildman–Crippen LogP) is 1.79. The van der Waals surface area contributed by atoms with Crippen LogP contribution < -0.4 is 9.89 Å². The van der Waals surface area contributed by atoms with E-state index in [-0.39, 0.29) is 6.17 Å². The minimum Gasteiger partial charge on any atom is -0.355 e. The predicted molar refractivity (Wildman–Crippen MR) is 78.5 cm³/mol. The molecule has 0 saturated carbocycles. The molecular formula is C14H16N2S2. The lowest BCUT2D eigenvalue weighted by Gasteiger charge is -2.27. The van der Waals surface area contributed by atoms with Gasteiger partial charge in [-0.3, -0.25) is 0 Å². The van der Waals surface area contributed by atoms with Gasteiger partial charge < -0.3 is 4.90 Å². The maximum absolute atomic E-state index is 5.43. The molecule has 3 aliphatic rings. The number of aryl methyl sites for hydroxylation is 1. The third-order valence-electron chi connectivity index (χ3n) is 4.17. The topological polar surface area (TPSA) is 15.6 Å². The molecule has 18 heavy (non-hydrogen) atoms. The van der Waals surface area contributed by atoms with Gasteiger partial charge in [-0.25, -0.2) is 4.99 Å². The Kier molecular flexibility index (Phi) is 2.55. The van der Waals surface area contributed by atoms with Crippen LogP contribution in [0.25, 0.3) is 6.20 Å². The van der Waals surface area contributed by atoms with Gasteiger partial charge in [0.15, 0.2) is 0 Å². The van der Waals surface area contributed by atoms with Crippen LogP contribution in [-0.2, 0) is 12.8 Å². The van der Waals surface area contributed by atoms with E-state index < -0.39 is 0 Å². The molecular weight excluding hydrogens is 260 g/mol. The Morgan fingerprint density at radius 1 is 1.28 bits per heavy atom. The minimum absolute atomic E-state index is 0.284. The van der Waals surface area contributed by atoms with E-state index in [1.54, 1.807) is 10.4 Å². The number of hydrogen-bond donors (Lipinski definition) is 0. The molecule has 0 aromatic carbocycles. The molecule has 1 fully saturated rings. The van der Waals surface area contributed by atoms with Crippen LogP contribution >= 0.6 is 23.6 Å². The van der Waals surface area contributed by atoms with E-state index >= 15 is 0 Å². The summed E-state index contributed by atoms with van der Waals surface area (Å²) in [5, 5.41) is 1.43. The van der Waals surface area contributed by atoms with Gasteiger partial charge in [0, 0.05) is 29.3 Å². The Balaban J connectivity index is 1.85. The number of hydrogen-bond acceptors (Lipinski definition) is 4. The third-order valence-corrected chi connectivity index (χ3v) is 5.76. The molecule has 2 nitrogen and oxygen atoms in total. The molecule has 0 N–H and O–H groups in total. The molecule has 0 bridgehead atoms. The van der Waals surface area contributed by atoms with Crippen molar-refractivity contribution in [3.63, 3.8) is 0 Å². The average molecular weight is 276 g/mol. The van der Waals surface area contributed by atoms with Crippen LogP contribution in [0.15, 0.2) is 4.99 Å². The van der Waals surface area contributed by atoms with Crippen molar-refractivity contribution in [1.82, 2.24) is 4.90 Å². The molecule has 4 rings (SSSR count). The third kappa shape index (κ3) is 1.66. The van der Waals surface area contributed by atoms with Crippen molar-refractivity contribution in [2.45, 2.75) is 44.7 Å². The van der Waals surface area contributed by atoms with Crippen LogP contribution in [0.5, 0.6) is 0 Å². The largest absolute Gasteiger partial charge is 0.355 e. The molecule has 1 aromatic rings. The quantitative estimate of drug-likeness (QED) is 0.671. The normalized spacial score (nSPS) is 25.7. The summed E-state index contributed by atoms with van der Waals surface area (Å²) in [4.78, 5) is 10.2. The van der Waals surface area contributed by atoms with Gasteiger partial charge in [0.1, 0.15) is 10.8 Å². The highest BCUT2D eigenvalue weighted by Gasteiger charge is 2.25. The maximum atomic E-state index is 5.43. The van der Waals surface area contributed by atoms with Gasteiger partial charge in [0.2, 0.25) is 0 Å². The minimum atomic E-state index is 0.284. The lowest BCUT2D eigenvalue weighted by atomic mass is 10.2. The standard InChI is InChI=1S/C14H16N2S2/c17-9-3-2-6-16-8-11-10-4-1-5-12(10)18-14(11)15-13(16)7-9/h8,13H,1-7H2. The van der Waals surface area contributed by atoms with Crippen LogP contribution in [0.1, 0.15) is 36.1 Å². The molecule has 3 heterocycles. The van der Waals surface area contributed by atoms with E-state index in [1.807, 2.05) is 11.3 Å². The second kappa shape index (κ2) is 4.14. The smallest absolute Gasteiger partial charge is 0.126 e. The molecule has 2 aliphatic heterocycles. The molecule has 0 radical (unpaired) electrons. The fraction of sp³-hybridized carbons (Fsp3) is 0.571. The van der Waals surface area contributed by atoms with Crippen LogP contribution in [0.4, 0.5) is 0 Å². The van der Waals surface area contributed by atoms with E-state index in [0.717, 1.165) is 19.4 Å². The van der Waals surface area contributed by atoms with Crippen molar-refractivity contribution in [3.05, 3.63) is 20.3 Å². The molecule has 94 valence electrons. The van der Waals surface area contributed by atoms with Crippen molar-refractivity contribution < 1.29 is 0 Å². The van der Waals surface area contributed by atoms with Gasteiger partial charge in [-0.15, -0.1) is 11.3 Å². The van der Waals surface area contributed by atoms with Gasteiger partial charge in [-0.05, 0) is 42.5 Å². The average Bonchev–Trinajstić information content (AvgIpc) is 2.84. The fourth-order valence-electron chi connectivity index (χ4n) is 3.25. The molecule has 1 saturated heterocycles. The zero-order chi connectivity index (χ0) is 12.1. The van der Waals surface area contributed by atoms with Gasteiger partial charge in [0.05, 0.1) is 0 Å². The summed E-state index contributed by atoms with van der Waals surface area (Å²) < 4.78 is 1.27. The molecule has 1 aromatic heterocycles. The van der Waals surface area contributed by atoms with Gasteiger partial charge in [-0.2, -0.15) is 0 Å². The first-order valence-electron chi connectivity index (χ1n) is 6.79. The number of fused-ring (bicyclic) bond motifs is 4. The molecule has 4 heteroatoms. The Bertz CT molecular complexity index is 629. The van der Waals surface area contributed by atoms with Crippen molar-refractivity contribution in [2.75, 3.05) is 6.54 Å². The zero-order valence-corrected chi connectivity index (χ0v) is 11.9. The van der Waals surface area contributed by atoms with E-state index in [4.69, 9.17) is 17.2 Å². The first-order valence-corrected chi connectivity index (χ1v) is 8.01. The Morgan fingerprint density at radius 2 is 2.22 bits per heavy atom. The Labute approximate surface area is 116 Å².